The summed E-state index contributed by atoms with van der Waals surface area (Å²) in [4.78, 5) is 11.4. The molecule has 0 bridgehead atoms. The standard InChI is InChI=1S/C8H15F3N2O2/c1-7(2,3)13(6(14)15)4-5(12)8(9,10)11/h5H,4,12H2,1-3H3,(H,14,15). The monoisotopic (exact) mass is 228 g/mol. The smallest absolute Gasteiger partial charge is 0.407 e. The number of hydrogen-bond acceptors (Lipinski definition) is 2. The van der Waals surface area contributed by atoms with E-state index in [0.717, 1.165) is 0 Å². The Balaban J connectivity index is 4.65. The first kappa shape index (κ1) is 14.0. The van der Waals surface area contributed by atoms with E-state index in [2.05, 4.69) is 0 Å². The molecular formula is C8H15F3N2O2. The van der Waals surface area contributed by atoms with Crippen molar-refractivity contribution in [3.05, 3.63) is 0 Å². The molecule has 0 aliphatic heterocycles. The van der Waals surface area contributed by atoms with E-state index in [1.54, 1.807) is 0 Å². The lowest BCUT2D eigenvalue weighted by molar-refractivity contribution is -0.152. The van der Waals surface area contributed by atoms with Gasteiger partial charge in [0.05, 0.1) is 0 Å². The van der Waals surface area contributed by atoms with Crippen molar-refractivity contribution in [1.29, 1.82) is 0 Å². The number of carbonyl (C=O) groups is 1. The predicted molar refractivity (Wildman–Crippen MR) is 48.5 cm³/mol. The number of carboxylic acid groups (broad SMARTS) is 1. The van der Waals surface area contributed by atoms with Gasteiger partial charge >= 0.3 is 12.3 Å². The van der Waals surface area contributed by atoms with Gasteiger partial charge in [-0.3, -0.25) is 0 Å². The molecule has 0 radical (unpaired) electrons. The molecule has 0 aromatic heterocycles. The highest BCUT2D eigenvalue weighted by atomic mass is 19.4. The summed E-state index contributed by atoms with van der Waals surface area (Å²) in [7, 11) is 0. The molecule has 0 saturated carbocycles. The van der Waals surface area contributed by atoms with E-state index in [9.17, 15) is 18.0 Å². The SMILES string of the molecule is CC(C)(C)N(CC(N)C(F)(F)F)C(=O)O. The normalized spacial score (nSPS) is 14.9. The van der Waals surface area contributed by atoms with Crippen LogP contribution in [0.25, 0.3) is 0 Å². The molecule has 7 heteroatoms. The zero-order chi connectivity index (χ0) is 12.4. The number of nitrogens with two attached hydrogens (primary N) is 1. The quantitative estimate of drug-likeness (QED) is 0.755. The van der Waals surface area contributed by atoms with E-state index >= 15 is 0 Å². The lowest BCUT2D eigenvalue weighted by Crippen LogP contribution is -2.54. The Hall–Kier alpha value is -0.980. The molecule has 0 aliphatic carbocycles. The van der Waals surface area contributed by atoms with Crippen molar-refractivity contribution in [2.24, 2.45) is 5.73 Å². The van der Waals surface area contributed by atoms with Crippen LogP contribution < -0.4 is 5.73 Å². The van der Waals surface area contributed by atoms with Gasteiger partial charge in [0.1, 0.15) is 6.04 Å². The Morgan fingerprint density at radius 2 is 1.80 bits per heavy atom. The third-order valence-electron chi connectivity index (χ3n) is 1.84. The predicted octanol–water partition coefficient (Wildman–Crippen LogP) is 1.65. The van der Waals surface area contributed by atoms with E-state index in [0.29, 0.717) is 4.90 Å². The van der Waals surface area contributed by atoms with Gasteiger partial charge in [-0.2, -0.15) is 13.2 Å². The number of nitrogens with zero attached hydrogens (tertiary/aromatic N) is 1. The number of alkyl halides is 3. The fourth-order valence-electron chi connectivity index (χ4n) is 0.939. The van der Waals surface area contributed by atoms with Crippen molar-refractivity contribution in [2.75, 3.05) is 6.54 Å². The number of halogens is 3. The van der Waals surface area contributed by atoms with Crippen molar-refractivity contribution in [1.82, 2.24) is 4.90 Å². The maximum Gasteiger partial charge on any atom is 0.407 e. The summed E-state index contributed by atoms with van der Waals surface area (Å²) in [5, 5.41) is 8.73. The molecule has 0 rings (SSSR count). The lowest BCUT2D eigenvalue weighted by atomic mass is 10.1. The molecule has 0 heterocycles. The average molecular weight is 228 g/mol. The minimum atomic E-state index is -4.58. The van der Waals surface area contributed by atoms with E-state index in [-0.39, 0.29) is 0 Å². The van der Waals surface area contributed by atoms with Crippen molar-refractivity contribution < 1.29 is 23.1 Å². The maximum atomic E-state index is 12.1. The minimum absolute atomic E-state index is 0.672. The van der Waals surface area contributed by atoms with E-state index in [1.807, 2.05) is 0 Å². The van der Waals surface area contributed by atoms with Gasteiger partial charge in [-0.1, -0.05) is 0 Å². The van der Waals surface area contributed by atoms with Gasteiger partial charge in [-0.25, -0.2) is 4.79 Å². The Kier molecular flexibility index (Phi) is 3.98. The Bertz CT molecular complexity index is 235. The van der Waals surface area contributed by atoms with Crippen LogP contribution in [0.1, 0.15) is 20.8 Å². The fourth-order valence-corrected chi connectivity index (χ4v) is 0.939. The van der Waals surface area contributed by atoms with Crippen molar-refractivity contribution in [3.8, 4) is 0 Å². The Morgan fingerprint density at radius 3 is 2.00 bits per heavy atom. The van der Waals surface area contributed by atoms with Crippen LogP contribution in [-0.2, 0) is 0 Å². The van der Waals surface area contributed by atoms with Crippen LogP contribution in [0.3, 0.4) is 0 Å². The first-order valence-electron chi connectivity index (χ1n) is 4.29. The molecule has 0 aromatic carbocycles. The molecule has 1 atom stereocenters. The summed E-state index contributed by atoms with van der Waals surface area (Å²) < 4.78 is 36.3. The maximum absolute atomic E-state index is 12.1. The molecule has 1 amide bonds. The summed E-state index contributed by atoms with van der Waals surface area (Å²) in [5.74, 6) is 0. The largest absolute Gasteiger partial charge is 0.465 e. The molecule has 1 unspecified atom stereocenters. The van der Waals surface area contributed by atoms with Gasteiger partial charge in [0.25, 0.3) is 0 Å². The summed E-state index contributed by atoms with van der Waals surface area (Å²) >= 11 is 0. The highest BCUT2D eigenvalue weighted by molar-refractivity contribution is 5.66. The van der Waals surface area contributed by atoms with Crippen LogP contribution in [0.5, 0.6) is 0 Å². The summed E-state index contributed by atoms with van der Waals surface area (Å²) in [5.41, 5.74) is 3.95. The third-order valence-corrected chi connectivity index (χ3v) is 1.84. The minimum Gasteiger partial charge on any atom is -0.465 e. The van der Waals surface area contributed by atoms with Crippen LogP contribution in [0, 0.1) is 0 Å². The van der Waals surface area contributed by atoms with Crippen molar-refractivity contribution in [3.63, 3.8) is 0 Å². The zero-order valence-corrected chi connectivity index (χ0v) is 8.80. The molecular weight excluding hydrogens is 213 g/mol. The molecule has 3 N–H and O–H groups in total. The van der Waals surface area contributed by atoms with Crippen LogP contribution in [-0.4, -0.2) is 40.4 Å². The second kappa shape index (κ2) is 4.26. The molecule has 90 valence electrons. The van der Waals surface area contributed by atoms with Crippen LogP contribution in [0.2, 0.25) is 0 Å². The summed E-state index contributed by atoms with van der Waals surface area (Å²) in [6.07, 6.45) is -6.00. The summed E-state index contributed by atoms with van der Waals surface area (Å²) in [6.45, 7) is 3.75. The van der Waals surface area contributed by atoms with E-state index in [1.165, 1.54) is 20.8 Å². The molecule has 0 spiro atoms. The van der Waals surface area contributed by atoms with Gasteiger partial charge < -0.3 is 15.7 Å². The van der Waals surface area contributed by atoms with Gasteiger partial charge in [-0.15, -0.1) is 0 Å². The molecule has 0 saturated heterocycles. The number of hydrogen-bond donors (Lipinski definition) is 2. The van der Waals surface area contributed by atoms with Gasteiger partial charge in [0.15, 0.2) is 0 Å². The molecule has 0 fully saturated rings. The van der Waals surface area contributed by atoms with Crippen LogP contribution in [0.4, 0.5) is 18.0 Å². The van der Waals surface area contributed by atoms with Gasteiger partial charge in [0.2, 0.25) is 0 Å². The first-order chi connectivity index (χ1) is 6.46. The highest BCUT2D eigenvalue weighted by Crippen LogP contribution is 2.22. The van der Waals surface area contributed by atoms with E-state index in [4.69, 9.17) is 10.8 Å². The average Bonchev–Trinajstić information content (AvgIpc) is 1.94. The van der Waals surface area contributed by atoms with Crippen molar-refractivity contribution in [2.45, 2.75) is 38.5 Å². The highest BCUT2D eigenvalue weighted by Gasteiger charge is 2.40. The summed E-state index contributed by atoms with van der Waals surface area (Å²) in [6, 6.07) is -2.16. The molecule has 0 aromatic rings. The van der Waals surface area contributed by atoms with Crippen LogP contribution in [0.15, 0.2) is 0 Å². The molecule has 0 aliphatic rings. The Labute approximate surface area is 85.8 Å². The van der Waals surface area contributed by atoms with Gasteiger partial charge in [-0.05, 0) is 20.8 Å². The second-order valence-electron chi connectivity index (χ2n) is 4.21. The number of amides is 1. The van der Waals surface area contributed by atoms with E-state index < -0.39 is 30.4 Å². The van der Waals surface area contributed by atoms with Crippen molar-refractivity contribution >= 4 is 6.09 Å². The third kappa shape index (κ3) is 4.37. The second-order valence-corrected chi connectivity index (χ2v) is 4.21. The topological polar surface area (TPSA) is 66.6 Å². The lowest BCUT2D eigenvalue weighted by Gasteiger charge is -2.35. The first-order valence-corrected chi connectivity index (χ1v) is 4.29. The molecule has 15 heavy (non-hydrogen) atoms. The zero-order valence-electron chi connectivity index (χ0n) is 8.80. The van der Waals surface area contributed by atoms with Crippen LogP contribution >= 0.6 is 0 Å². The van der Waals surface area contributed by atoms with Gasteiger partial charge in [0, 0.05) is 12.1 Å². The molecule has 4 nitrogen and oxygen atoms in total. The fraction of sp³-hybridized carbons (Fsp3) is 0.875. The Morgan fingerprint density at radius 1 is 1.40 bits per heavy atom. The number of rotatable bonds is 2.